The first kappa shape index (κ1) is 12.8. The molecule has 3 aromatic rings. The Hall–Kier alpha value is -1.87. The van der Waals surface area contributed by atoms with Crippen LogP contribution in [-0.2, 0) is 19.4 Å². The number of rotatable bonds is 3. The molecule has 0 atom stereocenters. The molecule has 1 aromatic carbocycles. The predicted molar refractivity (Wildman–Crippen MR) is 90.2 cm³/mol. The van der Waals surface area contributed by atoms with Crippen LogP contribution in [0.2, 0.25) is 0 Å². The second-order valence-corrected chi connectivity index (χ2v) is 6.94. The highest BCUT2D eigenvalue weighted by molar-refractivity contribution is 7.12. The number of hydrogen-bond donors (Lipinski definition) is 1. The van der Waals surface area contributed by atoms with E-state index < -0.39 is 0 Å². The lowest BCUT2D eigenvalue weighted by atomic mass is 10.1. The zero-order chi connectivity index (χ0) is 14.2. The Kier molecular flexibility index (Phi) is 3.15. The van der Waals surface area contributed by atoms with Gasteiger partial charge >= 0.3 is 0 Å². The molecule has 21 heavy (non-hydrogen) atoms. The normalized spacial score (nSPS) is 13.6. The number of benzene rings is 1. The minimum absolute atomic E-state index is 0.879. The van der Waals surface area contributed by atoms with E-state index in [0.717, 1.165) is 17.9 Å². The van der Waals surface area contributed by atoms with Crippen molar-refractivity contribution in [2.24, 2.45) is 0 Å². The van der Waals surface area contributed by atoms with Crippen molar-refractivity contribution in [2.75, 3.05) is 5.32 Å². The summed E-state index contributed by atoms with van der Waals surface area (Å²) in [6, 6.07) is 12.9. The van der Waals surface area contributed by atoms with Crippen LogP contribution in [0.25, 0.3) is 10.9 Å². The van der Waals surface area contributed by atoms with E-state index in [1.54, 1.807) is 10.4 Å². The van der Waals surface area contributed by atoms with Gasteiger partial charge in [-0.05, 0) is 55.5 Å². The van der Waals surface area contributed by atoms with Crippen molar-refractivity contribution < 1.29 is 0 Å². The van der Waals surface area contributed by atoms with E-state index in [1.807, 2.05) is 17.4 Å². The Balaban J connectivity index is 1.57. The number of nitrogens with one attached hydrogen (secondary N) is 1. The Bertz CT molecular complexity index is 783. The molecule has 2 aromatic heterocycles. The zero-order valence-electron chi connectivity index (χ0n) is 12.1. The van der Waals surface area contributed by atoms with Gasteiger partial charge in [-0.25, -0.2) is 4.98 Å². The molecule has 1 aliphatic carbocycles. The summed E-state index contributed by atoms with van der Waals surface area (Å²) in [4.78, 5) is 7.76. The van der Waals surface area contributed by atoms with Gasteiger partial charge in [0.25, 0.3) is 0 Å². The fourth-order valence-electron chi connectivity index (χ4n) is 3.05. The van der Waals surface area contributed by atoms with Crippen molar-refractivity contribution in [3.05, 3.63) is 57.3 Å². The van der Waals surface area contributed by atoms with Gasteiger partial charge in [0.05, 0.1) is 12.1 Å². The van der Waals surface area contributed by atoms with Crippen LogP contribution in [0.4, 0.5) is 5.82 Å². The van der Waals surface area contributed by atoms with E-state index in [2.05, 4.69) is 42.6 Å². The lowest BCUT2D eigenvalue weighted by molar-refractivity contribution is 0.913. The molecule has 0 unspecified atom stereocenters. The molecule has 0 saturated heterocycles. The summed E-state index contributed by atoms with van der Waals surface area (Å²) >= 11 is 1.96. The van der Waals surface area contributed by atoms with E-state index in [0.29, 0.717) is 0 Å². The molecule has 0 spiro atoms. The lowest BCUT2D eigenvalue weighted by Crippen LogP contribution is -2.02. The highest BCUT2D eigenvalue weighted by Crippen LogP contribution is 2.31. The van der Waals surface area contributed by atoms with Crippen molar-refractivity contribution in [3.8, 4) is 0 Å². The van der Waals surface area contributed by atoms with Gasteiger partial charge in [0.1, 0.15) is 5.82 Å². The molecule has 0 fully saturated rings. The van der Waals surface area contributed by atoms with Crippen molar-refractivity contribution in [3.63, 3.8) is 0 Å². The summed E-state index contributed by atoms with van der Waals surface area (Å²) in [7, 11) is 0. The first-order valence-electron chi connectivity index (χ1n) is 7.50. The first-order valence-corrected chi connectivity index (χ1v) is 8.32. The van der Waals surface area contributed by atoms with Gasteiger partial charge in [-0.2, -0.15) is 0 Å². The van der Waals surface area contributed by atoms with Gasteiger partial charge in [0.2, 0.25) is 0 Å². The maximum atomic E-state index is 4.75. The van der Waals surface area contributed by atoms with Gasteiger partial charge < -0.3 is 5.32 Å². The third-order valence-electron chi connectivity index (χ3n) is 4.14. The van der Waals surface area contributed by atoms with Crippen LogP contribution >= 0.6 is 11.3 Å². The molecule has 0 amide bonds. The van der Waals surface area contributed by atoms with Crippen molar-refractivity contribution in [1.82, 2.24) is 4.98 Å². The van der Waals surface area contributed by atoms with Gasteiger partial charge in [0, 0.05) is 15.1 Å². The van der Waals surface area contributed by atoms with Crippen LogP contribution in [0, 0.1) is 6.92 Å². The molecule has 0 bridgehead atoms. The van der Waals surface area contributed by atoms with Crippen molar-refractivity contribution >= 4 is 28.1 Å². The molecule has 0 radical (unpaired) electrons. The molecule has 3 heteroatoms. The van der Waals surface area contributed by atoms with Gasteiger partial charge in [-0.3, -0.25) is 0 Å². The maximum Gasteiger partial charge on any atom is 0.129 e. The molecular formula is C18H18N2S. The van der Waals surface area contributed by atoms with Crippen molar-refractivity contribution in [2.45, 2.75) is 32.7 Å². The maximum absolute atomic E-state index is 4.75. The van der Waals surface area contributed by atoms with Crippen LogP contribution in [0.3, 0.4) is 0 Å². The number of hydrogen-bond acceptors (Lipinski definition) is 3. The van der Waals surface area contributed by atoms with Gasteiger partial charge in [0.15, 0.2) is 0 Å². The standard InChI is InChI=1S/C18H18N2S/c1-12-9-13-5-2-3-7-16(13)20-18(12)19-11-15-10-14-6-4-8-17(14)21-15/h2-3,5,7,9-10H,4,6,8,11H2,1H3,(H,19,20). The summed E-state index contributed by atoms with van der Waals surface area (Å²) < 4.78 is 0. The van der Waals surface area contributed by atoms with Crippen LogP contribution in [0.15, 0.2) is 36.4 Å². The second kappa shape index (κ2) is 5.15. The number of thiophene rings is 1. The number of pyridine rings is 1. The SMILES string of the molecule is Cc1cc2ccccc2nc1NCc1cc2c(s1)CCC2. The topological polar surface area (TPSA) is 24.9 Å². The van der Waals surface area contributed by atoms with Crippen LogP contribution < -0.4 is 5.32 Å². The lowest BCUT2D eigenvalue weighted by Gasteiger charge is -2.09. The fourth-order valence-corrected chi connectivity index (χ4v) is 4.25. The average molecular weight is 294 g/mol. The Morgan fingerprint density at radius 1 is 1.19 bits per heavy atom. The number of fused-ring (bicyclic) bond motifs is 2. The van der Waals surface area contributed by atoms with Crippen molar-refractivity contribution in [1.29, 1.82) is 0 Å². The number of anilines is 1. The van der Waals surface area contributed by atoms with Crippen LogP contribution in [-0.4, -0.2) is 4.98 Å². The molecule has 1 aliphatic rings. The molecule has 2 heterocycles. The smallest absolute Gasteiger partial charge is 0.129 e. The molecule has 4 rings (SSSR count). The van der Waals surface area contributed by atoms with E-state index in [9.17, 15) is 0 Å². The summed E-state index contributed by atoms with van der Waals surface area (Å²) in [5, 5.41) is 4.71. The number of nitrogens with zero attached hydrogens (tertiary/aromatic N) is 1. The van der Waals surface area contributed by atoms with E-state index in [-0.39, 0.29) is 0 Å². The highest BCUT2D eigenvalue weighted by Gasteiger charge is 2.14. The number of aryl methyl sites for hydroxylation is 3. The molecule has 1 N–H and O–H groups in total. The molecule has 106 valence electrons. The quantitative estimate of drug-likeness (QED) is 0.757. The number of aromatic nitrogens is 1. The van der Waals surface area contributed by atoms with E-state index in [1.165, 1.54) is 35.1 Å². The summed E-state index contributed by atoms with van der Waals surface area (Å²) in [5.41, 5.74) is 3.83. The molecule has 0 saturated carbocycles. The molecular weight excluding hydrogens is 276 g/mol. The van der Waals surface area contributed by atoms with Crippen LogP contribution in [0.5, 0.6) is 0 Å². The third-order valence-corrected chi connectivity index (χ3v) is 5.38. The Labute approximate surface area is 128 Å². The summed E-state index contributed by atoms with van der Waals surface area (Å²) in [5.74, 6) is 1.00. The summed E-state index contributed by atoms with van der Waals surface area (Å²) in [6.45, 7) is 3.00. The predicted octanol–water partition coefficient (Wildman–Crippen LogP) is 4.71. The fraction of sp³-hybridized carbons (Fsp3) is 0.278. The molecule has 2 nitrogen and oxygen atoms in total. The largest absolute Gasteiger partial charge is 0.365 e. The van der Waals surface area contributed by atoms with Gasteiger partial charge in [-0.15, -0.1) is 11.3 Å². The van der Waals surface area contributed by atoms with E-state index in [4.69, 9.17) is 4.98 Å². The Morgan fingerprint density at radius 3 is 3.00 bits per heavy atom. The minimum Gasteiger partial charge on any atom is -0.365 e. The number of para-hydroxylation sites is 1. The van der Waals surface area contributed by atoms with Gasteiger partial charge in [-0.1, -0.05) is 18.2 Å². The summed E-state index contributed by atoms with van der Waals surface area (Å²) in [6.07, 6.45) is 3.87. The first-order chi connectivity index (χ1) is 10.3. The third kappa shape index (κ3) is 2.42. The minimum atomic E-state index is 0.879. The monoisotopic (exact) mass is 294 g/mol. The highest BCUT2D eigenvalue weighted by atomic mass is 32.1. The molecule has 0 aliphatic heterocycles. The van der Waals surface area contributed by atoms with E-state index >= 15 is 0 Å². The Morgan fingerprint density at radius 2 is 2.10 bits per heavy atom. The van der Waals surface area contributed by atoms with Crippen LogP contribution in [0.1, 0.15) is 27.3 Å². The zero-order valence-corrected chi connectivity index (χ0v) is 13.0. The average Bonchev–Trinajstić information content (AvgIpc) is 3.06. The second-order valence-electron chi connectivity index (χ2n) is 5.71.